The predicted octanol–water partition coefficient (Wildman–Crippen LogP) is 4.83. The van der Waals surface area contributed by atoms with Gasteiger partial charge in [0, 0.05) is 16.1 Å². The zero-order valence-corrected chi connectivity index (χ0v) is 12.9. The van der Waals surface area contributed by atoms with Crippen molar-refractivity contribution in [3.8, 4) is 0 Å². The van der Waals surface area contributed by atoms with Crippen LogP contribution in [0.5, 0.6) is 0 Å². The average Bonchev–Trinajstić information content (AvgIpc) is 2.97. The van der Waals surface area contributed by atoms with E-state index in [1.165, 1.54) is 16.5 Å². The lowest BCUT2D eigenvalue weighted by Gasteiger charge is -2.07. The summed E-state index contributed by atoms with van der Waals surface area (Å²) in [5, 5.41) is 7.95. The number of hydrogen-bond donors (Lipinski definition) is 1. The lowest BCUT2D eigenvalue weighted by molar-refractivity contribution is 0.529. The highest BCUT2D eigenvalue weighted by Crippen LogP contribution is 2.27. The van der Waals surface area contributed by atoms with Crippen LogP contribution in [0.1, 0.15) is 20.3 Å². The molecule has 1 aromatic heterocycles. The molecule has 1 N–H and O–H groups in total. The molecule has 19 heavy (non-hydrogen) atoms. The summed E-state index contributed by atoms with van der Waals surface area (Å²) >= 11 is 3.62. The number of aliphatic imine (C=N–C) groups is 1. The number of nitrogens with zero attached hydrogens (tertiary/aromatic N) is 1. The molecule has 0 amide bonds. The summed E-state index contributed by atoms with van der Waals surface area (Å²) in [4.78, 5) is 4.76. The van der Waals surface area contributed by atoms with Crippen molar-refractivity contribution in [2.45, 2.75) is 26.3 Å². The average molecular weight is 290 g/mol. The van der Waals surface area contributed by atoms with Crippen LogP contribution in [0.4, 0.5) is 5.69 Å². The number of benzene rings is 1. The summed E-state index contributed by atoms with van der Waals surface area (Å²) in [7, 11) is 0. The molecule has 3 rings (SSSR count). The Hall–Kier alpha value is -1.00. The molecule has 0 fully saturated rings. The molecule has 4 heteroatoms. The minimum Gasteiger partial charge on any atom is -0.335 e. The fourth-order valence-electron chi connectivity index (χ4n) is 2.32. The number of fused-ring (bicyclic) bond motifs is 1. The lowest BCUT2D eigenvalue weighted by Crippen LogP contribution is -2.08. The Labute approximate surface area is 122 Å². The SMILES string of the molecule is CC(C)CC1CSC(Nc2ccc3sccc3c2)=N1. The van der Waals surface area contributed by atoms with Crippen LogP contribution < -0.4 is 5.32 Å². The molecule has 2 aromatic rings. The molecule has 1 aliphatic rings. The van der Waals surface area contributed by atoms with Crippen molar-refractivity contribution >= 4 is 44.0 Å². The minimum absolute atomic E-state index is 0.484. The van der Waals surface area contributed by atoms with Gasteiger partial charge in [-0.2, -0.15) is 0 Å². The van der Waals surface area contributed by atoms with Gasteiger partial charge >= 0.3 is 0 Å². The maximum absolute atomic E-state index is 4.76. The summed E-state index contributed by atoms with van der Waals surface area (Å²) in [6.07, 6.45) is 1.18. The van der Waals surface area contributed by atoms with E-state index in [1.54, 1.807) is 11.3 Å². The van der Waals surface area contributed by atoms with E-state index in [4.69, 9.17) is 4.99 Å². The van der Waals surface area contributed by atoms with Crippen molar-refractivity contribution in [3.05, 3.63) is 29.6 Å². The standard InChI is InChI=1S/C15H18N2S2/c1-10(2)7-13-9-19-15(17-13)16-12-3-4-14-11(8-12)5-6-18-14/h3-6,8,10,13H,7,9H2,1-2H3,(H,16,17). The molecule has 100 valence electrons. The van der Waals surface area contributed by atoms with Crippen LogP contribution >= 0.6 is 23.1 Å². The van der Waals surface area contributed by atoms with Gasteiger partial charge in [0.25, 0.3) is 0 Å². The van der Waals surface area contributed by atoms with E-state index >= 15 is 0 Å². The first-order chi connectivity index (χ1) is 9.20. The van der Waals surface area contributed by atoms with Crippen LogP contribution in [-0.4, -0.2) is 17.0 Å². The summed E-state index contributed by atoms with van der Waals surface area (Å²) in [6, 6.07) is 9.16. The van der Waals surface area contributed by atoms with E-state index in [1.807, 2.05) is 11.8 Å². The normalized spacial score (nSPS) is 19.1. The van der Waals surface area contributed by atoms with Gasteiger partial charge in [0.05, 0.1) is 6.04 Å². The zero-order valence-electron chi connectivity index (χ0n) is 11.2. The van der Waals surface area contributed by atoms with Crippen molar-refractivity contribution in [1.82, 2.24) is 0 Å². The largest absolute Gasteiger partial charge is 0.335 e. The number of thiophene rings is 1. The Kier molecular flexibility index (Phi) is 3.80. The van der Waals surface area contributed by atoms with Crippen molar-refractivity contribution in [1.29, 1.82) is 0 Å². The molecule has 0 saturated heterocycles. The molecule has 1 aliphatic heterocycles. The molecule has 2 nitrogen and oxygen atoms in total. The second-order valence-corrected chi connectivity index (χ2v) is 7.28. The number of nitrogens with one attached hydrogen (secondary N) is 1. The van der Waals surface area contributed by atoms with Gasteiger partial charge in [-0.05, 0) is 47.4 Å². The van der Waals surface area contributed by atoms with Crippen LogP contribution in [0.25, 0.3) is 10.1 Å². The molecular formula is C15H18N2S2. The predicted molar refractivity (Wildman–Crippen MR) is 88.6 cm³/mol. The van der Waals surface area contributed by atoms with Gasteiger partial charge in [0.15, 0.2) is 5.17 Å². The second kappa shape index (κ2) is 5.55. The summed E-state index contributed by atoms with van der Waals surface area (Å²) in [5.74, 6) is 1.83. The first-order valence-corrected chi connectivity index (χ1v) is 8.52. The van der Waals surface area contributed by atoms with Crippen molar-refractivity contribution in [2.75, 3.05) is 11.1 Å². The third-order valence-electron chi connectivity index (χ3n) is 3.16. The summed E-state index contributed by atoms with van der Waals surface area (Å²) in [5.41, 5.74) is 1.14. The molecular weight excluding hydrogens is 272 g/mol. The van der Waals surface area contributed by atoms with E-state index in [-0.39, 0.29) is 0 Å². The van der Waals surface area contributed by atoms with E-state index in [0.29, 0.717) is 6.04 Å². The first-order valence-electron chi connectivity index (χ1n) is 6.65. The number of thioether (sulfide) groups is 1. The highest BCUT2D eigenvalue weighted by molar-refractivity contribution is 8.14. The van der Waals surface area contributed by atoms with Crippen molar-refractivity contribution in [3.63, 3.8) is 0 Å². The van der Waals surface area contributed by atoms with E-state index < -0.39 is 0 Å². The zero-order chi connectivity index (χ0) is 13.2. The summed E-state index contributed by atoms with van der Waals surface area (Å²) < 4.78 is 1.34. The monoisotopic (exact) mass is 290 g/mol. The minimum atomic E-state index is 0.484. The molecule has 2 heterocycles. The Bertz CT molecular complexity index is 601. The van der Waals surface area contributed by atoms with Crippen molar-refractivity contribution in [2.24, 2.45) is 10.9 Å². The molecule has 1 atom stereocenters. The van der Waals surface area contributed by atoms with Gasteiger partial charge < -0.3 is 5.32 Å². The number of anilines is 1. The lowest BCUT2D eigenvalue weighted by atomic mass is 10.1. The highest BCUT2D eigenvalue weighted by atomic mass is 32.2. The van der Waals surface area contributed by atoms with Crippen LogP contribution in [0.3, 0.4) is 0 Å². The van der Waals surface area contributed by atoms with Crippen LogP contribution in [0, 0.1) is 5.92 Å². The Morgan fingerprint density at radius 1 is 1.37 bits per heavy atom. The topological polar surface area (TPSA) is 24.4 Å². The maximum Gasteiger partial charge on any atom is 0.161 e. The molecule has 0 aliphatic carbocycles. The molecule has 0 spiro atoms. The smallest absolute Gasteiger partial charge is 0.161 e. The highest BCUT2D eigenvalue weighted by Gasteiger charge is 2.19. The fraction of sp³-hybridized carbons (Fsp3) is 0.400. The number of hydrogen-bond acceptors (Lipinski definition) is 4. The molecule has 0 bridgehead atoms. The molecule has 1 aromatic carbocycles. The van der Waals surface area contributed by atoms with Gasteiger partial charge in [-0.15, -0.1) is 11.3 Å². The fourth-order valence-corrected chi connectivity index (χ4v) is 4.06. The van der Waals surface area contributed by atoms with Gasteiger partial charge in [-0.1, -0.05) is 25.6 Å². The van der Waals surface area contributed by atoms with Gasteiger partial charge in [0.1, 0.15) is 0 Å². The van der Waals surface area contributed by atoms with E-state index in [0.717, 1.165) is 22.5 Å². The van der Waals surface area contributed by atoms with Gasteiger partial charge in [-0.25, -0.2) is 0 Å². The second-order valence-electron chi connectivity index (χ2n) is 5.33. The quantitative estimate of drug-likeness (QED) is 0.875. The van der Waals surface area contributed by atoms with Crippen molar-refractivity contribution < 1.29 is 0 Å². The first kappa shape index (κ1) is 13.0. The van der Waals surface area contributed by atoms with E-state index in [9.17, 15) is 0 Å². The molecule has 0 radical (unpaired) electrons. The molecule has 0 saturated carbocycles. The van der Waals surface area contributed by atoms with Crippen LogP contribution in [-0.2, 0) is 0 Å². The Balaban J connectivity index is 1.71. The van der Waals surface area contributed by atoms with Crippen LogP contribution in [0.15, 0.2) is 34.6 Å². The van der Waals surface area contributed by atoms with E-state index in [2.05, 4.69) is 48.8 Å². The van der Waals surface area contributed by atoms with Crippen LogP contribution in [0.2, 0.25) is 0 Å². The summed E-state index contributed by atoms with van der Waals surface area (Å²) in [6.45, 7) is 4.52. The van der Waals surface area contributed by atoms with Gasteiger partial charge in [-0.3, -0.25) is 4.99 Å². The third kappa shape index (κ3) is 3.12. The van der Waals surface area contributed by atoms with Gasteiger partial charge in [0.2, 0.25) is 0 Å². The Morgan fingerprint density at radius 2 is 2.26 bits per heavy atom. The number of amidine groups is 1. The maximum atomic E-state index is 4.76. The third-order valence-corrected chi connectivity index (χ3v) is 5.09. The molecule has 1 unspecified atom stereocenters. The Morgan fingerprint density at radius 3 is 3.11 bits per heavy atom. The number of rotatable bonds is 3.